The Balaban J connectivity index is 1.55. The van der Waals surface area contributed by atoms with Crippen LogP contribution in [-0.2, 0) is 4.74 Å². The highest BCUT2D eigenvalue weighted by Gasteiger charge is 2.31. The summed E-state index contributed by atoms with van der Waals surface area (Å²) < 4.78 is 5.82. The molecule has 0 radical (unpaired) electrons. The minimum atomic E-state index is -0.359. The van der Waals surface area contributed by atoms with Crippen molar-refractivity contribution < 1.29 is 9.84 Å². The number of nitrogens with one attached hydrogen (secondary N) is 1. The molecule has 1 atom stereocenters. The molecule has 1 unspecified atom stereocenters. The van der Waals surface area contributed by atoms with Crippen LogP contribution in [0.1, 0.15) is 58.8 Å². The maximum absolute atomic E-state index is 9.93. The van der Waals surface area contributed by atoms with Crippen molar-refractivity contribution in [3.8, 4) is 0 Å². The molecular formula is C15H29NO2. The van der Waals surface area contributed by atoms with Gasteiger partial charge in [-0.05, 0) is 57.8 Å². The molecule has 0 heterocycles. The monoisotopic (exact) mass is 255 g/mol. The van der Waals surface area contributed by atoms with Crippen LogP contribution in [0.3, 0.4) is 0 Å². The van der Waals surface area contributed by atoms with Crippen molar-refractivity contribution in [2.45, 2.75) is 76.5 Å². The molecule has 2 fully saturated rings. The van der Waals surface area contributed by atoms with Crippen LogP contribution in [0.15, 0.2) is 0 Å². The van der Waals surface area contributed by atoms with Crippen molar-refractivity contribution in [2.75, 3.05) is 13.2 Å². The van der Waals surface area contributed by atoms with Crippen LogP contribution in [0.2, 0.25) is 0 Å². The molecule has 3 nitrogen and oxygen atoms in total. The molecular weight excluding hydrogens is 226 g/mol. The summed E-state index contributed by atoms with van der Waals surface area (Å²) in [4.78, 5) is 0. The van der Waals surface area contributed by atoms with Crippen LogP contribution in [0.25, 0.3) is 0 Å². The fourth-order valence-corrected chi connectivity index (χ4v) is 2.95. The Morgan fingerprint density at radius 3 is 2.50 bits per heavy atom. The quantitative estimate of drug-likeness (QED) is 0.766. The summed E-state index contributed by atoms with van der Waals surface area (Å²) in [5.41, 5.74) is 0.279. The van der Waals surface area contributed by atoms with Crippen LogP contribution >= 0.6 is 0 Å². The fraction of sp³-hybridized carbons (Fsp3) is 1.00. The zero-order chi connectivity index (χ0) is 13.0. The maximum atomic E-state index is 9.93. The lowest BCUT2D eigenvalue weighted by atomic mass is 9.78. The highest BCUT2D eigenvalue weighted by Crippen LogP contribution is 2.30. The Labute approximate surface area is 111 Å². The summed E-state index contributed by atoms with van der Waals surface area (Å²) in [6, 6.07) is 0. The highest BCUT2D eigenvalue weighted by atomic mass is 16.5. The van der Waals surface area contributed by atoms with E-state index in [0.717, 1.165) is 5.92 Å². The van der Waals surface area contributed by atoms with Crippen LogP contribution in [0.4, 0.5) is 0 Å². The van der Waals surface area contributed by atoms with Crippen molar-refractivity contribution >= 4 is 0 Å². The molecule has 2 aliphatic rings. The average Bonchev–Trinajstić information content (AvgIpc) is 2.33. The fourth-order valence-electron chi connectivity index (χ4n) is 2.95. The molecule has 2 saturated carbocycles. The molecule has 2 rings (SSSR count). The first-order valence-corrected chi connectivity index (χ1v) is 7.62. The first-order chi connectivity index (χ1) is 8.57. The molecule has 0 aromatic heterocycles. The molecule has 3 heteroatoms. The Morgan fingerprint density at radius 1 is 1.28 bits per heavy atom. The van der Waals surface area contributed by atoms with Gasteiger partial charge in [-0.15, -0.1) is 0 Å². The summed E-state index contributed by atoms with van der Waals surface area (Å²) in [5, 5.41) is 13.4. The molecule has 18 heavy (non-hydrogen) atoms. The zero-order valence-corrected chi connectivity index (χ0v) is 12.0. The lowest BCUT2D eigenvalue weighted by Crippen LogP contribution is -2.51. The van der Waals surface area contributed by atoms with E-state index in [1.807, 2.05) is 0 Å². The summed E-state index contributed by atoms with van der Waals surface area (Å²) in [6.45, 7) is 5.71. The number of hydrogen-bond donors (Lipinski definition) is 2. The first kappa shape index (κ1) is 14.3. The summed E-state index contributed by atoms with van der Waals surface area (Å²) in [5.74, 6) is 0.856. The van der Waals surface area contributed by atoms with Gasteiger partial charge >= 0.3 is 0 Å². The standard InChI is InChI=1S/C15H29NO2/c1-12-4-6-14(7-5-12)18-11-13(17)10-16-15(2)8-3-9-15/h12-14,16-17H,3-11H2,1-2H3. The van der Waals surface area contributed by atoms with Gasteiger partial charge in [0.2, 0.25) is 0 Å². The van der Waals surface area contributed by atoms with E-state index in [4.69, 9.17) is 4.74 Å². The van der Waals surface area contributed by atoms with Crippen LogP contribution < -0.4 is 5.32 Å². The number of β-amino-alcohol motifs (C(OH)–C–C–N with tert-alkyl or cyclic N) is 1. The van der Waals surface area contributed by atoms with Crippen LogP contribution in [0.5, 0.6) is 0 Å². The Morgan fingerprint density at radius 2 is 1.94 bits per heavy atom. The minimum absolute atomic E-state index is 0.279. The number of hydrogen-bond acceptors (Lipinski definition) is 3. The summed E-state index contributed by atoms with van der Waals surface area (Å²) in [7, 11) is 0. The highest BCUT2D eigenvalue weighted by molar-refractivity contribution is 4.91. The second-order valence-corrected chi connectivity index (χ2v) is 6.66. The normalized spacial score (nSPS) is 32.8. The van der Waals surface area contributed by atoms with Gasteiger partial charge in [-0.25, -0.2) is 0 Å². The lowest BCUT2D eigenvalue weighted by Gasteiger charge is -2.40. The van der Waals surface area contributed by atoms with E-state index in [1.54, 1.807) is 0 Å². The van der Waals surface area contributed by atoms with Gasteiger partial charge in [-0.1, -0.05) is 6.92 Å². The van der Waals surface area contributed by atoms with Gasteiger partial charge in [0.25, 0.3) is 0 Å². The van der Waals surface area contributed by atoms with Crippen LogP contribution in [0, 0.1) is 5.92 Å². The van der Waals surface area contributed by atoms with E-state index in [0.29, 0.717) is 19.3 Å². The van der Waals surface area contributed by atoms with Crippen molar-refractivity contribution in [3.63, 3.8) is 0 Å². The molecule has 0 aromatic carbocycles. The molecule has 106 valence electrons. The molecule has 0 spiro atoms. The maximum Gasteiger partial charge on any atom is 0.0898 e. The molecule has 0 aliphatic heterocycles. The smallest absolute Gasteiger partial charge is 0.0898 e. The molecule has 0 aromatic rings. The van der Waals surface area contributed by atoms with Gasteiger partial charge in [-0.2, -0.15) is 0 Å². The first-order valence-electron chi connectivity index (χ1n) is 7.62. The van der Waals surface area contributed by atoms with Crippen molar-refractivity contribution in [2.24, 2.45) is 5.92 Å². The molecule has 2 aliphatic carbocycles. The molecule has 0 saturated heterocycles. The number of aliphatic hydroxyl groups excluding tert-OH is 1. The second kappa shape index (κ2) is 6.36. The molecule has 0 bridgehead atoms. The van der Waals surface area contributed by atoms with E-state index in [2.05, 4.69) is 19.2 Å². The third kappa shape index (κ3) is 4.22. The molecule has 0 amide bonds. The third-order valence-electron chi connectivity index (χ3n) is 4.71. The van der Waals surface area contributed by atoms with Crippen molar-refractivity contribution in [1.29, 1.82) is 0 Å². The predicted molar refractivity (Wildman–Crippen MR) is 73.6 cm³/mol. The Kier molecular flexibility index (Phi) is 5.05. The van der Waals surface area contributed by atoms with Gasteiger partial charge in [0.1, 0.15) is 0 Å². The van der Waals surface area contributed by atoms with Crippen molar-refractivity contribution in [3.05, 3.63) is 0 Å². The van der Waals surface area contributed by atoms with Gasteiger partial charge in [0.15, 0.2) is 0 Å². The number of aliphatic hydroxyl groups is 1. The van der Waals surface area contributed by atoms with Crippen LogP contribution in [-0.4, -0.2) is 36.0 Å². The predicted octanol–water partition coefficient (Wildman–Crippen LogP) is 2.47. The second-order valence-electron chi connectivity index (χ2n) is 6.66. The summed E-state index contributed by atoms with van der Waals surface area (Å²) in [6.07, 6.45) is 8.70. The van der Waals surface area contributed by atoms with Gasteiger partial charge < -0.3 is 15.2 Å². The SMILES string of the molecule is CC1CCC(OCC(O)CNC2(C)CCC2)CC1. The van der Waals surface area contributed by atoms with Gasteiger partial charge in [-0.3, -0.25) is 0 Å². The topological polar surface area (TPSA) is 41.5 Å². The Bertz CT molecular complexity index is 245. The number of rotatable bonds is 6. The lowest BCUT2D eigenvalue weighted by molar-refractivity contribution is -0.0307. The molecule has 2 N–H and O–H groups in total. The minimum Gasteiger partial charge on any atom is -0.389 e. The van der Waals surface area contributed by atoms with E-state index < -0.39 is 0 Å². The van der Waals surface area contributed by atoms with Crippen molar-refractivity contribution in [1.82, 2.24) is 5.32 Å². The third-order valence-corrected chi connectivity index (χ3v) is 4.71. The summed E-state index contributed by atoms with van der Waals surface area (Å²) >= 11 is 0. The largest absolute Gasteiger partial charge is 0.389 e. The van der Waals surface area contributed by atoms with E-state index in [1.165, 1.54) is 44.9 Å². The van der Waals surface area contributed by atoms with E-state index in [-0.39, 0.29) is 11.6 Å². The zero-order valence-electron chi connectivity index (χ0n) is 12.0. The van der Waals surface area contributed by atoms with E-state index >= 15 is 0 Å². The Hall–Kier alpha value is -0.120. The van der Waals surface area contributed by atoms with Gasteiger partial charge in [0.05, 0.1) is 18.8 Å². The average molecular weight is 255 g/mol. The van der Waals surface area contributed by atoms with Gasteiger partial charge in [0, 0.05) is 12.1 Å². The number of ether oxygens (including phenoxy) is 1. The van der Waals surface area contributed by atoms with E-state index in [9.17, 15) is 5.11 Å².